The van der Waals surface area contributed by atoms with E-state index in [1.165, 1.54) is 0 Å². The van der Waals surface area contributed by atoms with Crippen LogP contribution in [0.3, 0.4) is 0 Å². The van der Waals surface area contributed by atoms with Gasteiger partial charge >= 0.3 is 0 Å². The van der Waals surface area contributed by atoms with Crippen molar-refractivity contribution < 1.29 is 9.90 Å². The van der Waals surface area contributed by atoms with Crippen LogP contribution in [0.4, 0.5) is 0 Å². The normalized spacial score (nSPS) is 32.8. The molecule has 2 rings (SSSR count). The minimum Gasteiger partial charge on any atom is -0.391 e. The van der Waals surface area contributed by atoms with Crippen molar-refractivity contribution in [2.75, 3.05) is 13.1 Å². The van der Waals surface area contributed by atoms with E-state index in [1.54, 1.807) is 6.92 Å². The van der Waals surface area contributed by atoms with Crippen LogP contribution in [0, 0.1) is 0 Å². The molecule has 0 bridgehead atoms. The van der Waals surface area contributed by atoms with Gasteiger partial charge in [-0.25, -0.2) is 0 Å². The van der Waals surface area contributed by atoms with Crippen molar-refractivity contribution in [2.45, 2.75) is 57.2 Å². The van der Waals surface area contributed by atoms with Crippen molar-refractivity contribution in [1.82, 2.24) is 10.2 Å². The molecule has 0 saturated carbocycles. The van der Waals surface area contributed by atoms with Gasteiger partial charge in [0.15, 0.2) is 0 Å². The second kappa shape index (κ2) is 5.15. The van der Waals surface area contributed by atoms with E-state index in [-0.39, 0.29) is 18.0 Å². The topological polar surface area (TPSA) is 52.6 Å². The molecule has 3 unspecified atom stereocenters. The van der Waals surface area contributed by atoms with E-state index in [2.05, 4.69) is 5.32 Å². The SMILES string of the molecule is CC(O)C1CCCCN1C(=O)C1CCCN1. The Hall–Kier alpha value is -0.610. The highest BCUT2D eigenvalue weighted by Gasteiger charge is 2.34. The molecule has 2 saturated heterocycles. The van der Waals surface area contributed by atoms with Crippen molar-refractivity contribution in [3.8, 4) is 0 Å². The molecule has 4 heteroatoms. The first-order valence-corrected chi connectivity index (χ1v) is 6.42. The monoisotopic (exact) mass is 226 g/mol. The molecule has 2 N–H and O–H groups in total. The smallest absolute Gasteiger partial charge is 0.240 e. The maximum absolute atomic E-state index is 12.3. The predicted octanol–water partition coefficient (Wildman–Crippen LogP) is 0.500. The van der Waals surface area contributed by atoms with E-state index in [0.717, 1.165) is 45.2 Å². The number of carbonyl (C=O) groups is 1. The Balaban J connectivity index is 2.01. The maximum atomic E-state index is 12.3. The fraction of sp³-hybridized carbons (Fsp3) is 0.917. The molecule has 3 atom stereocenters. The van der Waals surface area contributed by atoms with Crippen LogP contribution in [0.15, 0.2) is 0 Å². The lowest BCUT2D eigenvalue weighted by molar-refractivity contribution is -0.139. The predicted molar refractivity (Wildman–Crippen MR) is 62.1 cm³/mol. The van der Waals surface area contributed by atoms with Crippen LogP contribution >= 0.6 is 0 Å². The summed E-state index contributed by atoms with van der Waals surface area (Å²) in [6.07, 6.45) is 4.76. The third-order valence-corrected chi connectivity index (χ3v) is 3.75. The van der Waals surface area contributed by atoms with E-state index in [9.17, 15) is 9.90 Å². The molecular formula is C12H22N2O2. The third-order valence-electron chi connectivity index (χ3n) is 3.75. The van der Waals surface area contributed by atoms with E-state index in [0.29, 0.717) is 0 Å². The first-order chi connectivity index (χ1) is 7.70. The molecule has 0 spiro atoms. The second-order valence-corrected chi connectivity index (χ2v) is 4.98. The molecular weight excluding hydrogens is 204 g/mol. The fourth-order valence-corrected chi connectivity index (χ4v) is 2.83. The van der Waals surface area contributed by atoms with Crippen molar-refractivity contribution in [3.63, 3.8) is 0 Å². The van der Waals surface area contributed by atoms with Gasteiger partial charge < -0.3 is 15.3 Å². The first kappa shape index (κ1) is 11.9. The van der Waals surface area contributed by atoms with E-state index < -0.39 is 6.10 Å². The Bertz CT molecular complexity index is 249. The Morgan fingerprint density at radius 2 is 2.19 bits per heavy atom. The molecule has 2 heterocycles. The molecule has 16 heavy (non-hydrogen) atoms. The highest BCUT2D eigenvalue weighted by atomic mass is 16.3. The summed E-state index contributed by atoms with van der Waals surface area (Å²) in [4.78, 5) is 14.2. The number of carbonyl (C=O) groups excluding carboxylic acids is 1. The Morgan fingerprint density at radius 1 is 1.38 bits per heavy atom. The molecule has 0 aromatic rings. The Morgan fingerprint density at radius 3 is 2.81 bits per heavy atom. The Labute approximate surface area is 97.0 Å². The van der Waals surface area contributed by atoms with Crippen molar-refractivity contribution in [1.29, 1.82) is 0 Å². The van der Waals surface area contributed by atoms with Gasteiger partial charge in [0, 0.05) is 6.54 Å². The molecule has 2 aliphatic rings. The molecule has 2 fully saturated rings. The van der Waals surface area contributed by atoms with Gasteiger partial charge in [0.05, 0.1) is 18.2 Å². The van der Waals surface area contributed by atoms with Gasteiger partial charge in [-0.15, -0.1) is 0 Å². The summed E-state index contributed by atoms with van der Waals surface area (Å²) in [5.74, 6) is 0.197. The zero-order valence-electron chi connectivity index (χ0n) is 9.98. The van der Waals surface area contributed by atoms with Crippen LogP contribution in [0.5, 0.6) is 0 Å². The Kier molecular flexibility index (Phi) is 3.82. The summed E-state index contributed by atoms with van der Waals surface area (Å²) in [6.45, 7) is 3.55. The number of amides is 1. The molecule has 2 aliphatic heterocycles. The maximum Gasteiger partial charge on any atom is 0.240 e. The highest BCUT2D eigenvalue weighted by Crippen LogP contribution is 2.22. The zero-order chi connectivity index (χ0) is 11.5. The molecule has 1 amide bonds. The van der Waals surface area contributed by atoms with E-state index in [4.69, 9.17) is 0 Å². The largest absolute Gasteiger partial charge is 0.391 e. The average Bonchev–Trinajstić information content (AvgIpc) is 2.81. The summed E-state index contributed by atoms with van der Waals surface area (Å²) in [6, 6.07) is 0.0306. The number of likely N-dealkylation sites (tertiary alicyclic amines) is 1. The van der Waals surface area contributed by atoms with Gasteiger partial charge in [0.25, 0.3) is 0 Å². The van der Waals surface area contributed by atoms with Crippen LogP contribution in [0.25, 0.3) is 0 Å². The average molecular weight is 226 g/mol. The summed E-state index contributed by atoms with van der Waals surface area (Å²) < 4.78 is 0. The highest BCUT2D eigenvalue weighted by molar-refractivity contribution is 5.82. The zero-order valence-corrected chi connectivity index (χ0v) is 9.98. The number of nitrogens with zero attached hydrogens (tertiary/aromatic N) is 1. The molecule has 0 aliphatic carbocycles. The fourth-order valence-electron chi connectivity index (χ4n) is 2.83. The van der Waals surface area contributed by atoms with Crippen molar-refractivity contribution >= 4 is 5.91 Å². The lowest BCUT2D eigenvalue weighted by atomic mass is 9.97. The summed E-state index contributed by atoms with van der Waals surface area (Å²) in [5.41, 5.74) is 0. The van der Waals surface area contributed by atoms with Crippen LogP contribution in [-0.2, 0) is 4.79 Å². The first-order valence-electron chi connectivity index (χ1n) is 6.42. The van der Waals surface area contributed by atoms with Crippen molar-refractivity contribution in [3.05, 3.63) is 0 Å². The second-order valence-electron chi connectivity index (χ2n) is 4.98. The van der Waals surface area contributed by atoms with Crippen LogP contribution in [0.2, 0.25) is 0 Å². The summed E-state index contributed by atoms with van der Waals surface area (Å²) >= 11 is 0. The van der Waals surface area contributed by atoms with Crippen LogP contribution in [-0.4, -0.2) is 47.2 Å². The van der Waals surface area contributed by atoms with Gasteiger partial charge in [-0.1, -0.05) is 0 Å². The molecule has 0 aromatic heterocycles. The minimum absolute atomic E-state index is 0.000602. The lowest BCUT2D eigenvalue weighted by Gasteiger charge is -2.38. The quantitative estimate of drug-likeness (QED) is 0.721. The molecule has 92 valence electrons. The van der Waals surface area contributed by atoms with Gasteiger partial charge in [0.1, 0.15) is 0 Å². The molecule has 4 nitrogen and oxygen atoms in total. The third kappa shape index (κ3) is 2.38. The number of hydrogen-bond acceptors (Lipinski definition) is 3. The summed E-state index contributed by atoms with van der Waals surface area (Å²) in [7, 11) is 0. The van der Waals surface area contributed by atoms with Crippen LogP contribution < -0.4 is 5.32 Å². The number of nitrogens with one attached hydrogen (secondary N) is 1. The number of hydrogen-bond donors (Lipinski definition) is 2. The lowest BCUT2D eigenvalue weighted by Crippen LogP contribution is -2.53. The molecule has 0 aromatic carbocycles. The number of aliphatic hydroxyl groups excluding tert-OH is 1. The molecule has 0 radical (unpaired) electrons. The van der Waals surface area contributed by atoms with E-state index >= 15 is 0 Å². The number of piperidine rings is 1. The van der Waals surface area contributed by atoms with Crippen molar-refractivity contribution in [2.24, 2.45) is 0 Å². The number of rotatable bonds is 2. The number of aliphatic hydroxyl groups is 1. The van der Waals surface area contributed by atoms with Crippen LogP contribution in [0.1, 0.15) is 39.0 Å². The standard InChI is InChI=1S/C12H22N2O2/c1-9(15)11-6-2-3-8-14(11)12(16)10-5-4-7-13-10/h9-11,13,15H,2-8H2,1H3. The van der Waals surface area contributed by atoms with E-state index in [1.807, 2.05) is 4.90 Å². The van der Waals surface area contributed by atoms with Gasteiger partial charge in [0.2, 0.25) is 5.91 Å². The van der Waals surface area contributed by atoms with Gasteiger partial charge in [-0.05, 0) is 45.6 Å². The van der Waals surface area contributed by atoms with Gasteiger partial charge in [-0.2, -0.15) is 0 Å². The van der Waals surface area contributed by atoms with Gasteiger partial charge in [-0.3, -0.25) is 4.79 Å². The summed E-state index contributed by atoms with van der Waals surface area (Å²) in [5, 5.41) is 13.0. The minimum atomic E-state index is -0.411.